The molecule has 192 valence electrons. The molecular weight excluding hydrogens is 459 g/mol. The molecule has 1 fully saturated rings. The summed E-state index contributed by atoms with van der Waals surface area (Å²) in [5.74, 6) is -0.207. The van der Waals surface area contributed by atoms with Gasteiger partial charge in [-0.1, -0.05) is 55.8 Å². The number of hydrogen-bond acceptors (Lipinski definition) is 4. The summed E-state index contributed by atoms with van der Waals surface area (Å²) in [6.07, 6.45) is 5.82. The molecule has 1 aliphatic rings. The van der Waals surface area contributed by atoms with Gasteiger partial charge in [0.15, 0.2) is 11.6 Å². The van der Waals surface area contributed by atoms with Crippen LogP contribution in [0.1, 0.15) is 44.7 Å². The Morgan fingerprint density at radius 3 is 2.47 bits per heavy atom. The summed E-state index contributed by atoms with van der Waals surface area (Å²) in [5, 5.41) is 13.9. The molecule has 7 heteroatoms. The van der Waals surface area contributed by atoms with Crippen LogP contribution in [0.15, 0.2) is 48.5 Å². The third kappa shape index (κ3) is 5.95. The smallest absolute Gasteiger partial charge is 0.329 e. The second-order valence-corrected chi connectivity index (χ2v) is 9.59. The maximum absolute atomic E-state index is 15.5. The number of methoxy groups -OCH3 is 1. The highest BCUT2D eigenvalue weighted by Gasteiger charge is 2.27. The Bertz CT molecular complexity index is 1150. The van der Waals surface area contributed by atoms with Crippen molar-refractivity contribution < 1.29 is 23.8 Å². The first kappa shape index (κ1) is 25.9. The number of benzene rings is 2. The zero-order chi connectivity index (χ0) is 25.5. The number of aromatic nitrogens is 2. The van der Waals surface area contributed by atoms with Crippen LogP contribution in [-0.2, 0) is 22.5 Å². The first-order valence-electron chi connectivity index (χ1n) is 12.8. The summed E-state index contributed by atoms with van der Waals surface area (Å²) < 4.78 is 28.2. The fraction of sp³-hybridized carbons (Fsp3) is 0.448. The summed E-state index contributed by atoms with van der Waals surface area (Å²) in [6.45, 7) is 3.18. The zero-order valence-corrected chi connectivity index (χ0v) is 21.1. The first-order valence-corrected chi connectivity index (χ1v) is 12.8. The van der Waals surface area contributed by atoms with Gasteiger partial charge >= 0.3 is 5.97 Å². The minimum Gasteiger partial charge on any atom is -0.494 e. The molecule has 36 heavy (non-hydrogen) atoms. The van der Waals surface area contributed by atoms with Crippen LogP contribution in [-0.4, -0.2) is 41.2 Å². The lowest BCUT2D eigenvalue weighted by atomic mass is 9.82. The lowest BCUT2D eigenvalue weighted by Crippen LogP contribution is -2.23. The summed E-state index contributed by atoms with van der Waals surface area (Å²) in [4.78, 5) is 10.7. The fourth-order valence-electron chi connectivity index (χ4n) is 5.22. The molecule has 0 atom stereocenters. The van der Waals surface area contributed by atoms with Gasteiger partial charge in [0.2, 0.25) is 0 Å². The van der Waals surface area contributed by atoms with Crippen LogP contribution < -0.4 is 4.74 Å². The normalized spacial score (nSPS) is 17.8. The Morgan fingerprint density at radius 2 is 1.81 bits per heavy atom. The van der Waals surface area contributed by atoms with Crippen molar-refractivity contribution in [3.63, 3.8) is 0 Å². The van der Waals surface area contributed by atoms with Crippen LogP contribution in [0.4, 0.5) is 4.39 Å². The van der Waals surface area contributed by atoms with Crippen LogP contribution in [0.25, 0.3) is 22.4 Å². The van der Waals surface area contributed by atoms with E-state index in [1.165, 1.54) is 7.11 Å². The fourth-order valence-corrected chi connectivity index (χ4v) is 5.22. The van der Waals surface area contributed by atoms with Crippen LogP contribution >= 0.6 is 0 Å². The highest BCUT2D eigenvalue weighted by molar-refractivity contribution is 5.83. The maximum atomic E-state index is 15.5. The molecule has 3 aromatic rings. The number of nitrogens with zero attached hydrogens (tertiary/aromatic N) is 2. The lowest BCUT2D eigenvalue weighted by molar-refractivity contribution is -0.142. The molecule has 0 bridgehead atoms. The molecule has 2 aromatic carbocycles. The molecule has 1 aliphatic carbocycles. The van der Waals surface area contributed by atoms with Crippen LogP contribution in [0.5, 0.6) is 5.75 Å². The molecular formula is C29H35FN2O4. The second kappa shape index (κ2) is 12.2. The average molecular weight is 495 g/mol. The first-order chi connectivity index (χ1) is 17.5. The summed E-state index contributed by atoms with van der Waals surface area (Å²) in [6, 6.07) is 15.3. The Labute approximate surface area is 212 Å². The van der Waals surface area contributed by atoms with Crippen molar-refractivity contribution in [1.82, 2.24) is 9.78 Å². The molecule has 1 heterocycles. The standard InChI is InChI=1S/C29H35FN2O4/c1-3-8-24-27(23-11-7-12-25(35-2)28(23)30)29(22-9-5-4-6-10-22)31-32(24)17-20-13-15-21(16-14-20)18-36-19-26(33)34/h4-7,9-12,20-21H,3,8,13-19H2,1-2H3,(H,33,34)/t20-,21+. The molecule has 1 saturated carbocycles. The van der Waals surface area contributed by atoms with Gasteiger partial charge in [-0.15, -0.1) is 0 Å². The molecule has 0 unspecified atom stereocenters. The number of carboxylic acids is 1. The quantitative estimate of drug-likeness (QED) is 0.342. The van der Waals surface area contributed by atoms with Crippen molar-refractivity contribution in [3.05, 3.63) is 60.0 Å². The van der Waals surface area contributed by atoms with Crippen molar-refractivity contribution in [2.75, 3.05) is 20.3 Å². The highest BCUT2D eigenvalue weighted by Crippen LogP contribution is 2.40. The maximum Gasteiger partial charge on any atom is 0.329 e. The summed E-state index contributed by atoms with van der Waals surface area (Å²) >= 11 is 0. The van der Waals surface area contributed by atoms with Crippen LogP contribution in [0.3, 0.4) is 0 Å². The second-order valence-electron chi connectivity index (χ2n) is 9.59. The van der Waals surface area contributed by atoms with E-state index in [4.69, 9.17) is 19.7 Å². The van der Waals surface area contributed by atoms with Gasteiger partial charge < -0.3 is 14.6 Å². The van der Waals surface area contributed by atoms with Crippen LogP contribution in [0, 0.1) is 17.7 Å². The number of carboxylic acid groups (broad SMARTS) is 1. The predicted molar refractivity (Wildman–Crippen MR) is 138 cm³/mol. The number of aliphatic carboxylic acids is 1. The number of ether oxygens (including phenoxy) is 2. The monoisotopic (exact) mass is 494 g/mol. The van der Waals surface area contributed by atoms with E-state index in [0.29, 0.717) is 24.0 Å². The van der Waals surface area contributed by atoms with Crippen LogP contribution in [0.2, 0.25) is 0 Å². The van der Waals surface area contributed by atoms with Crippen molar-refractivity contribution in [3.8, 4) is 28.1 Å². The van der Waals surface area contributed by atoms with Gasteiger partial charge in [0, 0.05) is 28.9 Å². The third-order valence-electron chi connectivity index (χ3n) is 7.02. The molecule has 0 amide bonds. The Morgan fingerprint density at radius 1 is 1.08 bits per heavy atom. The van der Waals surface area contributed by atoms with E-state index in [0.717, 1.165) is 67.6 Å². The molecule has 4 rings (SSSR count). The number of rotatable bonds is 11. The largest absolute Gasteiger partial charge is 0.494 e. The van der Waals surface area contributed by atoms with Gasteiger partial charge in [0.05, 0.1) is 13.7 Å². The van der Waals surface area contributed by atoms with Crippen molar-refractivity contribution in [2.24, 2.45) is 11.8 Å². The predicted octanol–water partition coefficient (Wildman–Crippen LogP) is 6.22. The summed E-state index contributed by atoms with van der Waals surface area (Å²) in [5.41, 5.74) is 4.17. The molecule has 0 spiro atoms. The minimum absolute atomic E-state index is 0.227. The Balaban J connectivity index is 1.64. The molecule has 1 N–H and O–H groups in total. The van der Waals surface area contributed by atoms with E-state index < -0.39 is 5.97 Å². The molecule has 6 nitrogen and oxygen atoms in total. The minimum atomic E-state index is -0.927. The topological polar surface area (TPSA) is 73.6 Å². The van der Waals surface area contributed by atoms with E-state index >= 15 is 4.39 Å². The number of carbonyl (C=O) groups is 1. The van der Waals surface area contributed by atoms with Crippen molar-refractivity contribution in [1.29, 1.82) is 0 Å². The molecule has 1 aromatic heterocycles. The lowest BCUT2D eigenvalue weighted by Gasteiger charge is -2.28. The van der Waals surface area contributed by atoms with E-state index in [1.807, 2.05) is 42.5 Å². The van der Waals surface area contributed by atoms with Gasteiger partial charge in [-0.3, -0.25) is 4.68 Å². The van der Waals surface area contributed by atoms with Gasteiger partial charge in [0.25, 0.3) is 0 Å². The van der Waals surface area contributed by atoms with E-state index in [-0.39, 0.29) is 18.2 Å². The summed E-state index contributed by atoms with van der Waals surface area (Å²) in [7, 11) is 1.49. The Kier molecular flexibility index (Phi) is 8.75. The average Bonchev–Trinajstić information content (AvgIpc) is 3.23. The third-order valence-corrected chi connectivity index (χ3v) is 7.02. The number of hydrogen-bond donors (Lipinski definition) is 1. The molecule has 0 saturated heterocycles. The van der Waals surface area contributed by atoms with Gasteiger partial charge in [-0.2, -0.15) is 5.10 Å². The molecule has 0 radical (unpaired) electrons. The SMILES string of the molecule is CCCc1c(-c2cccc(OC)c2F)c(-c2ccccc2)nn1C[C@H]1CC[C@@H](COCC(=O)O)CC1. The van der Waals surface area contributed by atoms with Crippen molar-refractivity contribution in [2.45, 2.75) is 52.0 Å². The number of halogens is 1. The van der Waals surface area contributed by atoms with Crippen molar-refractivity contribution >= 4 is 5.97 Å². The highest BCUT2D eigenvalue weighted by atomic mass is 19.1. The molecule has 0 aliphatic heterocycles. The van der Waals surface area contributed by atoms with E-state index in [2.05, 4.69) is 11.6 Å². The van der Waals surface area contributed by atoms with Gasteiger partial charge in [-0.25, -0.2) is 9.18 Å². The van der Waals surface area contributed by atoms with E-state index in [1.54, 1.807) is 6.07 Å². The Hall–Kier alpha value is -3.19. The zero-order valence-electron chi connectivity index (χ0n) is 21.1. The van der Waals surface area contributed by atoms with E-state index in [9.17, 15) is 4.79 Å². The van der Waals surface area contributed by atoms with Gasteiger partial charge in [-0.05, 0) is 50.0 Å². The van der Waals surface area contributed by atoms with Gasteiger partial charge in [0.1, 0.15) is 12.3 Å².